The molecule has 2 aromatic heterocycles. The summed E-state index contributed by atoms with van der Waals surface area (Å²) >= 11 is 0. The lowest BCUT2D eigenvalue weighted by molar-refractivity contribution is -0.391. The Labute approximate surface area is 134 Å². The van der Waals surface area contributed by atoms with E-state index in [4.69, 9.17) is 10.3 Å². The van der Waals surface area contributed by atoms with Crippen LogP contribution in [0.15, 0.2) is 10.7 Å². The highest BCUT2D eigenvalue weighted by Crippen LogP contribution is 2.28. The standard InChI is InChI=1S/C15H23N5O3/c1-3-4-5-6-7-11-12(8-9-16)23-18-14(11)15-17-10-13(19(15)2)20(21)22/h10H,3-9,16H2,1-2H3. The summed E-state index contributed by atoms with van der Waals surface area (Å²) in [6, 6.07) is 0. The van der Waals surface area contributed by atoms with Crippen molar-refractivity contribution in [2.75, 3.05) is 6.54 Å². The van der Waals surface area contributed by atoms with Gasteiger partial charge < -0.3 is 20.4 Å². The van der Waals surface area contributed by atoms with Gasteiger partial charge in [0.1, 0.15) is 12.0 Å². The Kier molecular flexibility index (Phi) is 5.86. The predicted octanol–water partition coefficient (Wildman–Crippen LogP) is 2.61. The van der Waals surface area contributed by atoms with E-state index < -0.39 is 4.92 Å². The number of nitro groups is 1. The van der Waals surface area contributed by atoms with Crippen LogP contribution in [0.4, 0.5) is 5.82 Å². The van der Waals surface area contributed by atoms with E-state index in [0.717, 1.165) is 37.0 Å². The van der Waals surface area contributed by atoms with Gasteiger partial charge in [0.25, 0.3) is 5.82 Å². The fourth-order valence-electron chi connectivity index (χ4n) is 2.62. The highest BCUT2D eigenvalue weighted by Gasteiger charge is 2.25. The molecule has 0 amide bonds. The molecular formula is C15H23N5O3. The molecule has 2 aromatic rings. The first-order valence-corrected chi connectivity index (χ1v) is 7.94. The minimum Gasteiger partial charge on any atom is -0.360 e. The first-order chi connectivity index (χ1) is 11.1. The molecule has 0 aliphatic heterocycles. The van der Waals surface area contributed by atoms with Gasteiger partial charge in [-0.25, -0.2) is 9.55 Å². The van der Waals surface area contributed by atoms with Gasteiger partial charge in [-0.15, -0.1) is 0 Å². The summed E-state index contributed by atoms with van der Waals surface area (Å²) in [5.74, 6) is 1.14. The Morgan fingerprint density at radius 2 is 2.13 bits per heavy atom. The smallest absolute Gasteiger partial charge is 0.342 e. The van der Waals surface area contributed by atoms with Crippen LogP contribution in [0.25, 0.3) is 11.5 Å². The summed E-state index contributed by atoms with van der Waals surface area (Å²) in [7, 11) is 1.61. The molecule has 2 rings (SSSR count). The van der Waals surface area contributed by atoms with Crippen LogP contribution in [0.5, 0.6) is 0 Å². The van der Waals surface area contributed by atoms with Gasteiger partial charge in [-0.1, -0.05) is 31.3 Å². The topological polar surface area (TPSA) is 113 Å². The molecule has 0 radical (unpaired) electrons. The largest absolute Gasteiger partial charge is 0.360 e. The van der Waals surface area contributed by atoms with Crippen molar-refractivity contribution in [3.8, 4) is 11.5 Å². The van der Waals surface area contributed by atoms with Crippen LogP contribution in [-0.2, 0) is 19.9 Å². The maximum atomic E-state index is 11.0. The lowest BCUT2D eigenvalue weighted by Crippen LogP contribution is -2.05. The zero-order valence-electron chi connectivity index (χ0n) is 13.6. The zero-order chi connectivity index (χ0) is 16.8. The van der Waals surface area contributed by atoms with Gasteiger partial charge in [0.15, 0.2) is 5.69 Å². The van der Waals surface area contributed by atoms with Crippen molar-refractivity contribution in [1.29, 1.82) is 0 Å². The minimum atomic E-state index is -0.460. The van der Waals surface area contributed by atoms with Crippen molar-refractivity contribution in [2.45, 2.75) is 45.4 Å². The highest BCUT2D eigenvalue weighted by atomic mass is 16.6. The Morgan fingerprint density at radius 3 is 2.74 bits per heavy atom. The maximum absolute atomic E-state index is 11.0. The molecule has 0 saturated heterocycles. The minimum absolute atomic E-state index is 0.0692. The van der Waals surface area contributed by atoms with Crippen LogP contribution in [0.1, 0.15) is 43.9 Å². The van der Waals surface area contributed by atoms with Crippen LogP contribution in [0.2, 0.25) is 0 Å². The second-order valence-corrected chi connectivity index (χ2v) is 5.54. The third-order valence-electron chi connectivity index (χ3n) is 3.88. The average Bonchev–Trinajstić information content (AvgIpc) is 3.08. The van der Waals surface area contributed by atoms with Crippen molar-refractivity contribution in [2.24, 2.45) is 12.8 Å². The number of imidazole rings is 1. The first-order valence-electron chi connectivity index (χ1n) is 7.94. The molecule has 0 unspecified atom stereocenters. The van der Waals surface area contributed by atoms with Gasteiger partial charge in [-0.3, -0.25) is 0 Å². The normalized spacial score (nSPS) is 11.1. The molecule has 0 aromatic carbocycles. The van der Waals surface area contributed by atoms with Crippen molar-refractivity contribution in [3.05, 3.63) is 27.6 Å². The first kappa shape index (κ1) is 17.1. The van der Waals surface area contributed by atoms with E-state index in [0.29, 0.717) is 24.5 Å². The molecule has 2 N–H and O–H groups in total. The Morgan fingerprint density at radius 1 is 1.35 bits per heavy atom. The van der Waals surface area contributed by atoms with E-state index in [1.807, 2.05) is 0 Å². The zero-order valence-corrected chi connectivity index (χ0v) is 13.6. The molecule has 0 aliphatic carbocycles. The predicted molar refractivity (Wildman–Crippen MR) is 86.0 cm³/mol. The van der Waals surface area contributed by atoms with E-state index in [1.54, 1.807) is 7.05 Å². The van der Waals surface area contributed by atoms with Crippen molar-refractivity contribution >= 4 is 5.82 Å². The van der Waals surface area contributed by atoms with Crippen molar-refractivity contribution < 1.29 is 9.45 Å². The lowest BCUT2D eigenvalue weighted by atomic mass is 10.0. The second-order valence-electron chi connectivity index (χ2n) is 5.54. The molecule has 0 fully saturated rings. The molecule has 0 spiro atoms. The van der Waals surface area contributed by atoms with Crippen LogP contribution in [0, 0.1) is 10.1 Å². The summed E-state index contributed by atoms with van der Waals surface area (Å²) < 4.78 is 6.85. The number of aromatic nitrogens is 3. The number of unbranched alkanes of at least 4 members (excludes halogenated alkanes) is 3. The van der Waals surface area contributed by atoms with Crippen molar-refractivity contribution in [3.63, 3.8) is 0 Å². The Balaban J connectivity index is 2.32. The van der Waals surface area contributed by atoms with Gasteiger partial charge in [0, 0.05) is 12.0 Å². The average molecular weight is 321 g/mol. The highest BCUT2D eigenvalue weighted by molar-refractivity contribution is 5.58. The monoisotopic (exact) mass is 321 g/mol. The SMILES string of the molecule is CCCCCCc1c(-c2ncc([N+](=O)[O-])n2C)noc1CCN. The van der Waals surface area contributed by atoms with Gasteiger partial charge in [-0.05, 0) is 24.3 Å². The van der Waals surface area contributed by atoms with E-state index in [1.165, 1.54) is 17.2 Å². The summed E-state index contributed by atoms with van der Waals surface area (Å²) in [5, 5.41) is 15.1. The summed E-state index contributed by atoms with van der Waals surface area (Å²) in [6.45, 7) is 2.63. The number of rotatable bonds is 9. The molecular weight excluding hydrogens is 298 g/mol. The van der Waals surface area contributed by atoms with E-state index in [2.05, 4.69) is 17.1 Å². The number of nitrogens with two attached hydrogens (primary N) is 1. The fourth-order valence-corrected chi connectivity index (χ4v) is 2.62. The maximum Gasteiger partial charge on any atom is 0.342 e. The molecule has 8 heteroatoms. The summed E-state index contributed by atoms with van der Waals surface area (Å²) in [5.41, 5.74) is 7.18. The quantitative estimate of drug-likeness (QED) is 0.431. The van der Waals surface area contributed by atoms with Crippen LogP contribution < -0.4 is 5.73 Å². The van der Waals surface area contributed by atoms with Crippen LogP contribution in [0.3, 0.4) is 0 Å². The van der Waals surface area contributed by atoms with Gasteiger partial charge in [0.05, 0.1) is 7.05 Å². The number of nitrogens with zero attached hydrogens (tertiary/aromatic N) is 4. The molecule has 8 nitrogen and oxygen atoms in total. The molecule has 126 valence electrons. The van der Waals surface area contributed by atoms with Crippen LogP contribution >= 0.6 is 0 Å². The van der Waals surface area contributed by atoms with E-state index in [9.17, 15) is 10.1 Å². The van der Waals surface area contributed by atoms with Crippen molar-refractivity contribution in [1.82, 2.24) is 14.7 Å². The van der Waals surface area contributed by atoms with Crippen LogP contribution in [-0.4, -0.2) is 26.2 Å². The molecule has 2 heterocycles. The Bertz CT molecular complexity index is 662. The molecule has 0 atom stereocenters. The fraction of sp³-hybridized carbons (Fsp3) is 0.600. The molecule has 0 saturated carbocycles. The van der Waals surface area contributed by atoms with Gasteiger partial charge in [0.2, 0.25) is 0 Å². The summed E-state index contributed by atoms with van der Waals surface area (Å²) in [6.07, 6.45) is 7.15. The summed E-state index contributed by atoms with van der Waals surface area (Å²) in [4.78, 5) is 14.7. The second kappa shape index (κ2) is 7.87. The molecule has 23 heavy (non-hydrogen) atoms. The molecule has 0 aliphatic rings. The third kappa shape index (κ3) is 3.76. The Hall–Kier alpha value is -2.22. The third-order valence-corrected chi connectivity index (χ3v) is 3.88. The number of hydrogen-bond acceptors (Lipinski definition) is 6. The van der Waals surface area contributed by atoms with E-state index in [-0.39, 0.29) is 5.82 Å². The van der Waals surface area contributed by atoms with E-state index >= 15 is 0 Å². The lowest BCUT2D eigenvalue weighted by Gasteiger charge is -2.03. The number of hydrogen-bond donors (Lipinski definition) is 1. The van der Waals surface area contributed by atoms with Gasteiger partial charge >= 0.3 is 5.82 Å². The van der Waals surface area contributed by atoms with Gasteiger partial charge in [-0.2, -0.15) is 0 Å². The molecule has 0 bridgehead atoms.